The molecule has 0 aromatic heterocycles. The summed E-state index contributed by atoms with van der Waals surface area (Å²) in [5.41, 5.74) is 1.70. The summed E-state index contributed by atoms with van der Waals surface area (Å²) in [5.74, 6) is -1.17. The van der Waals surface area contributed by atoms with E-state index in [4.69, 9.17) is 0 Å². The van der Waals surface area contributed by atoms with Crippen molar-refractivity contribution in [2.75, 3.05) is 0 Å². The van der Waals surface area contributed by atoms with Crippen LogP contribution in [-0.2, 0) is 4.79 Å². The zero-order valence-corrected chi connectivity index (χ0v) is 13.4. The molecule has 0 atom stereocenters. The summed E-state index contributed by atoms with van der Waals surface area (Å²) >= 11 is 2.23. The topological polar surface area (TPSA) is 40.1 Å². The Morgan fingerprint density at radius 3 is 2.38 bits per heavy atom. The second-order valence-corrected chi connectivity index (χ2v) is 4.34. The fourth-order valence-electron chi connectivity index (χ4n) is 1.04. The van der Waals surface area contributed by atoms with Gasteiger partial charge < -0.3 is 9.90 Å². The van der Waals surface area contributed by atoms with Gasteiger partial charge in [-0.1, -0.05) is 24.3 Å². The second kappa shape index (κ2) is 8.06. The van der Waals surface area contributed by atoms with E-state index in [2.05, 4.69) is 22.6 Å². The van der Waals surface area contributed by atoms with Gasteiger partial charge in [-0.05, 0) is 58.9 Å². The molecular formula is C12H10INaO2. The van der Waals surface area contributed by atoms with Gasteiger partial charge in [0.1, 0.15) is 0 Å². The third-order valence-electron chi connectivity index (χ3n) is 1.75. The number of allylic oxidation sites excluding steroid dienone is 2. The van der Waals surface area contributed by atoms with E-state index >= 15 is 0 Å². The van der Waals surface area contributed by atoms with E-state index in [1.54, 1.807) is 13.0 Å². The first-order valence-corrected chi connectivity index (χ1v) is 5.49. The first-order chi connectivity index (χ1) is 7.08. The number of carbonyl (C=O) groups is 1. The Balaban J connectivity index is 0.00000225. The van der Waals surface area contributed by atoms with Gasteiger partial charge in [-0.2, -0.15) is 0 Å². The van der Waals surface area contributed by atoms with Crippen molar-refractivity contribution < 1.29 is 39.5 Å². The standard InChI is InChI=1S/C12H11IO2.Na/c1-9(8-12(14)15)2-3-10-4-6-11(13)7-5-10;/h2-8H,1H3,(H,14,15);/q;+1/p-1/b3-2+,9-8-;. The van der Waals surface area contributed by atoms with Crippen LogP contribution in [0.25, 0.3) is 6.08 Å². The van der Waals surface area contributed by atoms with E-state index in [-0.39, 0.29) is 29.6 Å². The first kappa shape index (κ1) is 15.9. The summed E-state index contributed by atoms with van der Waals surface area (Å²) in [5, 5.41) is 10.2. The van der Waals surface area contributed by atoms with Gasteiger partial charge in [-0.3, -0.25) is 0 Å². The molecule has 0 aliphatic rings. The van der Waals surface area contributed by atoms with Crippen molar-refractivity contribution in [1.82, 2.24) is 0 Å². The number of halogens is 1. The van der Waals surface area contributed by atoms with Crippen LogP contribution in [0.4, 0.5) is 0 Å². The number of carbonyl (C=O) groups excluding carboxylic acids is 1. The minimum Gasteiger partial charge on any atom is -0.545 e. The van der Waals surface area contributed by atoms with Crippen LogP contribution in [0.5, 0.6) is 0 Å². The second-order valence-electron chi connectivity index (χ2n) is 3.09. The third-order valence-corrected chi connectivity index (χ3v) is 2.47. The predicted octanol–water partition coefficient (Wildman–Crippen LogP) is -0.995. The molecule has 78 valence electrons. The van der Waals surface area contributed by atoms with Gasteiger partial charge in [0.2, 0.25) is 0 Å². The fourth-order valence-corrected chi connectivity index (χ4v) is 1.40. The van der Waals surface area contributed by atoms with Crippen molar-refractivity contribution in [2.24, 2.45) is 0 Å². The molecule has 0 heterocycles. The normalized spacial score (nSPS) is 11.2. The van der Waals surface area contributed by atoms with Crippen LogP contribution in [0, 0.1) is 3.57 Å². The van der Waals surface area contributed by atoms with Crippen LogP contribution >= 0.6 is 22.6 Å². The van der Waals surface area contributed by atoms with Gasteiger partial charge in [0, 0.05) is 3.57 Å². The van der Waals surface area contributed by atoms with Crippen molar-refractivity contribution in [1.29, 1.82) is 0 Å². The van der Waals surface area contributed by atoms with Gasteiger partial charge in [0.15, 0.2) is 0 Å². The van der Waals surface area contributed by atoms with Gasteiger partial charge in [0.05, 0.1) is 5.97 Å². The molecule has 0 unspecified atom stereocenters. The van der Waals surface area contributed by atoms with Crippen molar-refractivity contribution in [3.05, 3.63) is 51.1 Å². The number of hydrogen-bond donors (Lipinski definition) is 0. The van der Waals surface area contributed by atoms with Crippen molar-refractivity contribution in [3.8, 4) is 0 Å². The molecule has 0 amide bonds. The molecule has 0 spiro atoms. The molecule has 0 aliphatic heterocycles. The average Bonchev–Trinajstić information content (AvgIpc) is 2.16. The Hall–Kier alpha value is -0.1000. The summed E-state index contributed by atoms with van der Waals surface area (Å²) < 4.78 is 1.17. The van der Waals surface area contributed by atoms with Gasteiger partial charge in [-0.25, -0.2) is 0 Å². The number of carboxylic acid groups (broad SMARTS) is 1. The number of benzene rings is 1. The molecule has 0 fully saturated rings. The van der Waals surface area contributed by atoms with Gasteiger partial charge in [-0.15, -0.1) is 0 Å². The maximum absolute atomic E-state index is 10.2. The number of aliphatic carboxylic acids is 1. The van der Waals surface area contributed by atoms with E-state index in [0.717, 1.165) is 11.6 Å². The Bertz CT molecular complexity index is 408. The molecule has 16 heavy (non-hydrogen) atoms. The van der Waals surface area contributed by atoms with Crippen LogP contribution in [0.1, 0.15) is 12.5 Å². The third kappa shape index (κ3) is 6.48. The predicted molar refractivity (Wildman–Crippen MR) is 67.0 cm³/mol. The summed E-state index contributed by atoms with van der Waals surface area (Å²) in [6, 6.07) is 7.95. The van der Waals surface area contributed by atoms with E-state index < -0.39 is 5.97 Å². The monoisotopic (exact) mass is 336 g/mol. The zero-order valence-electron chi connectivity index (χ0n) is 9.24. The number of carboxylic acids is 1. The van der Waals surface area contributed by atoms with E-state index in [9.17, 15) is 9.90 Å². The fraction of sp³-hybridized carbons (Fsp3) is 0.0833. The molecule has 0 saturated carbocycles. The summed E-state index contributed by atoms with van der Waals surface area (Å²) in [4.78, 5) is 10.2. The summed E-state index contributed by atoms with van der Waals surface area (Å²) in [6.07, 6.45) is 4.69. The minimum atomic E-state index is -1.17. The molecule has 0 radical (unpaired) electrons. The molecule has 0 N–H and O–H groups in total. The molecule has 4 heteroatoms. The first-order valence-electron chi connectivity index (χ1n) is 4.41. The van der Waals surface area contributed by atoms with Crippen molar-refractivity contribution in [2.45, 2.75) is 6.92 Å². The van der Waals surface area contributed by atoms with Crippen LogP contribution in [0.2, 0.25) is 0 Å². The van der Waals surface area contributed by atoms with Crippen LogP contribution in [-0.4, -0.2) is 5.97 Å². The molecule has 0 bridgehead atoms. The van der Waals surface area contributed by atoms with E-state index in [1.165, 1.54) is 3.57 Å². The van der Waals surface area contributed by atoms with E-state index in [1.807, 2.05) is 30.3 Å². The minimum absolute atomic E-state index is 0. The average molecular weight is 336 g/mol. The SMILES string of the molecule is CC(=C/C(=O)[O-])/C=C/c1ccc(I)cc1.[Na+]. The Morgan fingerprint density at radius 2 is 1.88 bits per heavy atom. The molecule has 0 saturated heterocycles. The van der Waals surface area contributed by atoms with Crippen LogP contribution in [0.3, 0.4) is 0 Å². The summed E-state index contributed by atoms with van der Waals surface area (Å²) in [7, 11) is 0. The Morgan fingerprint density at radius 1 is 1.31 bits per heavy atom. The van der Waals surface area contributed by atoms with Crippen molar-refractivity contribution >= 4 is 34.6 Å². The largest absolute Gasteiger partial charge is 1.00 e. The van der Waals surface area contributed by atoms with Crippen LogP contribution in [0.15, 0.2) is 42.0 Å². The number of rotatable bonds is 3. The molecule has 1 aromatic carbocycles. The Labute approximate surface area is 131 Å². The number of hydrogen-bond acceptors (Lipinski definition) is 2. The summed E-state index contributed by atoms with van der Waals surface area (Å²) in [6.45, 7) is 1.72. The maximum Gasteiger partial charge on any atom is 1.00 e. The van der Waals surface area contributed by atoms with Gasteiger partial charge >= 0.3 is 29.6 Å². The molecular weight excluding hydrogens is 326 g/mol. The molecule has 1 aromatic rings. The Kier molecular flexibility index (Phi) is 8.01. The molecule has 1 rings (SSSR count). The maximum atomic E-state index is 10.2. The van der Waals surface area contributed by atoms with Gasteiger partial charge in [0.25, 0.3) is 0 Å². The van der Waals surface area contributed by atoms with Crippen molar-refractivity contribution in [3.63, 3.8) is 0 Å². The quantitative estimate of drug-likeness (QED) is 0.308. The molecule has 2 nitrogen and oxygen atoms in total. The molecule has 0 aliphatic carbocycles. The van der Waals surface area contributed by atoms with Crippen LogP contribution < -0.4 is 34.7 Å². The zero-order chi connectivity index (χ0) is 11.3. The van der Waals surface area contributed by atoms with E-state index in [0.29, 0.717) is 5.57 Å². The smallest absolute Gasteiger partial charge is 0.545 e.